The molecule has 0 amide bonds. The zero-order valence-electron chi connectivity index (χ0n) is 7.86. The summed E-state index contributed by atoms with van der Waals surface area (Å²) in [7, 11) is -4.34. The third-order valence-corrected chi connectivity index (χ3v) is 2.81. The molecular weight excluding hydrogens is 180 g/mol. The highest BCUT2D eigenvalue weighted by atomic mass is 32.3. The Bertz CT molecular complexity index is 232. The monoisotopic (exact) mass is 196 g/mol. The maximum absolute atomic E-state index is 10.4. The summed E-state index contributed by atoms with van der Waals surface area (Å²) in [6, 6.07) is 0. The molecule has 4 nitrogen and oxygen atoms in total. The van der Waals surface area contributed by atoms with Crippen LogP contribution in [-0.4, -0.2) is 18.6 Å². The fourth-order valence-corrected chi connectivity index (χ4v) is 1.60. The van der Waals surface area contributed by atoms with Crippen LogP contribution in [0.3, 0.4) is 0 Å². The third-order valence-electron chi connectivity index (χ3n) is 2.22. The standard InChI is InChI=1S/C7H16O4S/c1-5-7(4,6(2)3)11-12(8,9)10/h6H,5H2,1-4H3,(H,8,9,10). The molecule has 0 bridgehead atoms. The summed E-state index contributed by atoms with van der Waals surface area (Å²) >= 11 is 0. The van der Waals surface area contributed by atoms with E-state index in [0.29, 0.717) is 6.42 Å². The van der Waals surface area contributed by atoms with Gasteiger partial charge in [-0.3, -0.25) is 4.55 Å². The summed E-state index contributed by atoms with van der Waals surface area (Å²) in [5.74, 6) is 0.0319. The Labute approximate surface area is 73.9 Å². The summed E-state index contributed by atoms with van der Waals surface area (Å²) in [6.07, 6.45) is 0.532. The Hall–Kier alpha value is -0.130. The van der Waals surface area contributed by atoms with Crippen molar-refractivity contribution in [3.05, 3.63) is 0 Å². The minimum absolute atomic E-state index is 0.0319. The van der Waals surface area contributed by atoms with Gasteiger partial charge in [-0.2, -0.15) is 8.42 Å². The second-order valence-electron chi connectivity index (χ2n) is 3.33. The van der Waals surface area contributed by atoms with Gasteiger partial charge in [0.25, 0.3) is 0 Å². The fraction of sp³-hybridized carbons (Fsp3) is 1.00. The SMILES string of the molecule is CCC(C)(OS(=O)(=O)O)C(C)C. The van der Waals surface area contributed by atoms with Crippen LogP contribution in [0.1, 0.15) is 34.1 Å². The first-order valence-corrected chi connectivity index (χ1v) is 5.26. The molecule has 5 heteroatoms. The van der Waals surface area contributed by atoms with Gasteiger partial charge < -0.3 is 0 Å². The van der Waals surface area contributed by atoms with Gasteiger partial charge in [-0.25, -0.2) is 4.18 Å². The highest BCUT2D eigenvalue weighted by Gasteiger charge is 2.32. The van der Waals surface area contributed by atoms with Gasteiger partial charge in [-0.1, -0.05) is 20.8 Å². The first-order chi connectivity index (χ1) is 5.21. The van der Waals surface area contributed by atoms with Crippen LogP contribution in [-0.2, 0) is 14.6 Å². The van der Waals surface area contributed by atoms with E-state index in [1.807, 2.05) is 20.8 Å². The summed E-state index contributed by atoms with van der Waals surface area (Å²) < 4.78 is 33.9. The van der Waals surface area contributed by atoms with E-state index in [1.165, 1.54) is 0 Å². The third kappa shape index (κ3) is 3.51. The molecule has 0 aliphatic rings. The lowest BCUT2D eigenvalue weighted by Gasteiger charge is -2.30. The van der Waals surface area contributed by atoms with Crippen LogP contribution in [0, 0.1) is 5.92 Å². The van der Waals surface area contributed by atoms with E-state index in [9.17, 15) is 8.42 Å². The molecule has 1 unspecified atom stereocenters. The maximum atomic E-state index is 10.4. The van der Waals surface area contributed by atoms with Crippen LogP contribution in [0.15, 0.2) is 0 Å². The van der Waals surface area contributed by atoms with E-state index in [4.69, 9.17) is 4.55 Å². The van der Waals surface area contributed by atoms with Crippen molar-refractivity contribution in [1.82, 2.24) is 0 Å². The van der Waals surface area contributed by atoms with Crippen LogP contribution >= 0.6 is 0 Å². The van der Waals surface area contributed by atoms with E-state index < -0.39 is 16.0 Å². The fourth-order valence-electron chi connectivity index (χ4n) is 0.804. The van der Waals surface area contributed by atoms with Gasteiger partial charge in [0.15, 0.2) is 0 Å². The predicted octanol–water partition coefficient (Wildman–Crippen LogP) is 1.63. The van der Waals surface area contributed by atoms with Crippen molar-refractivity contribution in [3.8, 4) is 0 Å². The predicted molar refractivity (Wildman–Crippen MR) is 46.2 cm³/mol. The first-order valence-electron chi connectivity index (χ1n) is 3.89. The van der Waals surface area contributed by atoms with Crippen molar-refractivity contribution >= 4 is 10.4 Å². The summed E-state index contributed by atoms with van der Waals surface area (Å²) in [5, 5.41) is 0. The second kappa shape index (κ2) is 3.72. The Morgan fingerprint density at radius 1 is 1.50 bits per heavy atom. The molecule has 0 saturated carbocycles. The van der Waals surface area contributed by atoms with Gasteiger partial charge in [0.2, 0.25) is 0 Å². The topological polar surface area (TPSA) is 63.6 Å². The van der Waals surface area contributed by atoms with E-state index in [-0.39, 0.29) is 5.92 Å². The van der Waals surface area contributed by atoms with Crippen LogP contribution in [0.2, 0.25) is 0 Å². The Balaban J connectivity index is 4.57. The van der Waals surface area contributed by atoms with E-state index >= 15 is 0 Å². The molecule has 1 N–H and O–H groups in total. The average molecular weight is 196 g/mol. The summed E-state index contributed by atoms with van der Waals surface area (Å²) in [6.45, 7) is 7.15. The number of hydrogen-bond donors (Lipinski definition) is 1. The van der Waals surface area contributed by atoms with E-state index in [0.717, 1.165) is 0 Å². The molecule has 0 aromatic carbocycles. The van der Waals surface area contributed by atoms with Gasteiger partial charge in [0, 0.05) is 0 Å². The summed E-state index contributed by atoms with van der Waals surface area (Å²) in [5.41, 5.74) is -0.812. The molecule has 0 aliphatic heterocycles. The molecule has 0 aromatic heterocycles. The lowest BCUT2D eigenvalue weighted by Crippen LogP contribution is -2.36. The van der Waals surface area contributed by atoms with Crippen LogP contribution in [0.25, 0.3) is 0 Å². The van der Waals surface area contributed by atoms with Gasteiger partial charge in [0.05, 0.1) is 5.60 Å². The van der Waals surface area contributed by atoms with Gasteiger partial charge >= 0.3 is 10.4 Å². The Morgan fingerprint density at radius 2 is 1.92 bits per heavy atom. The molecule has 0 rings (SSSR count). The zero-order valence-corrected chi connectivity index (χ0v) is 8.68. The largest absolute Gasteiger partial charge is 0.397 e. The van der Waals surface area contributed by atoms with Crippen LogP contribution in [0.4, 0.5) is 0 Å². The smallest absolute Gasteiger partial charge is 0.264 e. The maximum Gasteiger partial charge on any atom is 0.397 e. The highest BCUT2D eigenvalue weighted by molar-refractivity contribution is 7.80. The molecule has 1 atom stereocenters. The molecular formula is C7H16O4S. The minimum Gasteiger partial charge on any atom is -0.264 e. The zero-order chi connectivity index (χ0) is 9.99. The van der Waals surface area contributed by atoms with Crippen molar-refractivity contribution in [2.24, 2.45) is 5.92 Å². The van der Waals surface area contributed by atoms with Crippen molar-refractivity contribution in [2.75, 3.05) is 0 Å². The molecule has 0 spiro atoms. The number of hydrogen-bond acceptors (Lipinski definition) is 3. The molecule has 0 aliphatic carbocycles. The lowest BCUT2D eigenvalue weighted by molar-refractivity contribution is 0.0319. The van der Waals surface area contributed by atoms with Crippen molar-refractivity contribution < 1.29 is 17.2 Å². The quantitative estimate of drug-likeness (QED) is 0.694. The number of rotatable bonds is 4. The Kier molecular flexibility index (Phi) is 3.68. The average Bonchev–Trinajstić information content (AvgIpc) is 1.83. The minimum atomic E-state index is -4.34. The molecule has 0 fully saturated rings. The normalized spacial score (nSPS) is 17.8. The Morgan fingerprint density at radius 3 is 2.00 bits per heavy atom. The van der Waals surface area contributed by atoms with Gasteiger partial charge in [-0.15, -0.1) is 0 Å². The van der Waals surface area contributed by atoms with Gasteiger partial charge in [0.1, 0.15) is 0 Å². The molecule has 0 saturated heterocycles. The highest BCUT2D eigenvalue weighted by Crippen LogP contribution is 2.26. The van der Waals surface area contributed by atoms with Crippen molar-refractivity contribution in [2.45, 2.75) is 39.7 Å². The summed E-state index contributed by atoms with van der Waals surface area (Å²) in [4.78, 5) is 0. The van der Waals surface area contributed by atoms with E-state index in [2.05, 4.69) is 4.18 Å². The van der Waals surface area contributed by atoms with Crippen LogP contribution < -0.4 is 0 Å². The molecule has 0 heterocycles. The molecule has 12 heavy (non-hydrogen) atoms. The first kappa shape index (κ1) is 11.9. The van der Waals surface area contributed by atoms with E-state index in [1.54, 1.807) is 6.92 Å². The van der Waals surface area contributed by atoms with Gasteiger partial charge in [-0.05, 0) is 19.3 Å². The molecule has 74 valence electrons. The van der Waals surface area contributed by atoms with Crippen molar-refractivity contribution in [1.29, 1.82) is 0 Å². The molecule has 0 radical (unpaired) electrons. The second-order valence-corrected chi connectivity index (χ2v) is 4.35. The van der Waals surface area contributed by atoms with Crippen molar-refractivity contribution in [3.63, 3.8) is 0 Å². The molecule has 0 aromatic rings. The lowest BCUT2D eigenvalue weighted by atomic mass is 9.90. The van der Waals surface area contributed by atoms with Crippen LogP contribution in [0.5, 0.6) is 0 Å².